The van der Waals surface area contributed by atoms with Gasteiger partial charge in [0.2, 0.25) is 11.8 Å². The lowest BCUT2D eigenvalue weighted by atomic mass is 10.0. The fraction of sp³-hybridized carbons (Fsp3) is 0.500. The minimum Gasteiger partial charge on any atom is -0.393 e. The number of carbonyl (C=O) groups is 3. The molecule has 2 fully saturated rings. The van der Waals surface area contributed by atoms with Gasteiger partial charge in [0.1, 0.15) is 11.9 Å². The third-order valence-corrected chi connectivity index (χ3v) is 5.40. The van der Waals surface area contributed by atoms with Crippen LogP contribution in [0.3, 0.4) is 0 Å². The van der Waals surface area contributed by atoms with E-state index >= 15 is 0 Å². The van der Waals surface area contributed by atoms with Crippen molar-refractivity contribution in [3.05, 3.63) is 29.1 Å². The maximum absolute atomic E-state index is 14.6. The van der Waals surface area contributed by atoms with E-state index in [0.29, 0.717) is 37.2 Å². The smallest absolute Gasteiger partial charge is 0.255 e. The van der Waals surface area contributed by atoms with Gasteiger partial charge in [0, 0.05) is 31.6 Å². The molecule has 0 bridgehead atoms. The average Bonchev–Trinajstić information content (AvgIpc) is 2.91. The first kappa shape index (κ1) is 17.0. The Morgan fingerprint density at radius 2 is 1.85 bits per heavy atom. The Morgan fingerprint density at radius 1 is 1.12 bits per heavy atom. The second-order valence-electron chi connectivity index (χ2n) is 7.08. The Hall–Kier alpha value is -2.48. The van der Waals surface area contributed by atoms with Crippen molar-refractivity contribution < 1.29 is 23.9 Å². The van der Waals surface area contributed by atoms with Crippen molar-refractivity contribution in [1.82, 2.24) is 10.2 Å². The third-order valence-electron chi connectivity index (χ3n) is 5.40. The van der Waals surface area contributed by atoms with Gasteiger partial charge in [0.05, 0.1) is 11.8 Å². The molecule has 1 aromatic rings. The number of nitrogens with zero attached hydrogens (tertiary/aromatic N) is 2. The predicted octanol–water partition coefficient (Wildman–Crippen LogP) is 0.548. The summed E-state index contributed by atoms with van der Waals surface area (Å²) in [6.45, 7) is 1.34. The number of amides is 3. The Labute approximate surface area is 149 Å². The molecule has 0 aliphatic carbocycles. The zero-order valence-electron chi connectivity index (χ0n) is 14.2. The number of fused-ring (bicyclic) bond motifs is 1. The van der Waals surface area contributed by atoms with E-state index in [1.54, 1.807) is 6.07 Å². The number of nitrogens with one attached hydrogen (secondary N) is 1. The van der Waals surface area contributed by atoms with E-state index in [0.717, 1.165) is 0 Å². The standard InChI is InChI=1S/C18H20FN3O4/c19-13-8-12-10(7-15(13)21-5-3-11(23)4-6-21)9-22(18(12)26)14-1-2-16(24)20-17(14)25/h7-8,11,14,23H,1-6,9H2,(H,20,24,25). The van der Waals surface area contributed by atoms with Crippen LogP contribution in [0, 0.1) is 5.82 Å². The lowest BCUT2D eigenvalue weighted by molar-refractivity contribution is -0.136. The van der Waals surface area contributed by atoms with Crippen molar-refractivity contribution in [2.75, 3.05) is 18.0 Å². The van der Waals surface area contributed by atoms with Crippen LogP contribution in [-0.4, -0.2) is 53.0 Å². The van der Waals surface area contributed by atoms with Crippen LogP contribution in [0.5, 0.6) is 0 Å². The molecule has 0 spiro atoms. The van der Waals surface area contributed by atoms with Gasteiger partial charge in [-0.1, -0.05) is 0 Å². The molecule has 3 aliphatic heterocycles. The van der Waals surface area contributed by atoms with E-state index in [1.165, 1.54) is 11.0 Å². The fourth-order valence-electron chi connectivity index (χ4n) is 3.93. The van der Waals surface area contributed by atoms with Crippen LogP contribution in [0.2, 0.25) is 0 Å². The van der Waals surface area contributed by atoms with Crippen LogP contribution >= 0.6 is 0 Å². The maximum atomic E-state index is 14.6. The van der Waals surface area contributed by atoms with Crippen molar-refractivity contribution in [3.8, 4) is 0 Å². The van der Waals surface area contributed by atoms with Crippen molar-refractivity contribution >= 4 is 23.4 Å². The Morgan fingerprint density at radius 3 is 2.54 bits per heavy atom. The number of imide groups is 1. The molecule has 2 N–H and O–H groups in total. The molecular weight excluding hydrogens is 341 g/mol. The van der Waals surface area contributed by atoms with Gasteiger partial charge in [-0.05, 0) is 37.0 Å². The topological polar surface area (TPSA) is 90.0 Å². The molecule has 2 saturated heterocycles. The summed E-state index contributed by atoms with van der Waals surface area (Å²) >= 11 is 0. The van der Waals surface area contributed by atoms with Crippen molar-refractivity contribution in [2.24, 2.45) is 0 Å². The van der Waals surface area contributed by atoms with Crippen LogP contribution in [0.25, 0.3) is 0 Å². The van der Waals surface area contributed by atoms with Crippen LogP contribution in [0.4, 0.5) is 10.1 Å². The maximum Gasteiger partial charge on any atom is 0.255 e. The van der Waals surface area contributed by atoms with Gasteiger partial charge in [-0.2, -0.15) is 0 Å². The first-order valence-corrected chi connectivity index (χ1v) is 8.84. The Kier molecular flexibility index (Phi) is 4.14. The molecule has 1 aromatic carbocycles. The number of aliphatic hydroxyl groups excluding tert-OH is 1. The van der Waals surface area contributed by atoms with E-state index < -0.39 is 17.8 Å². The van der Waals surface area contributed by atoms with Gasteiger partial charge in [0.25, 0.3) is 5.91 Å². The molecule has 26 heavy (non-hydrogen) atoms. The number of hydrogen-bond donors (Lipinski definition) is 2. The second-order valence-corrected chi connectivity index (χ2v) is 7.08. The molecule has 7 nitrogen and oxygen atoms in total. The van der Waals surface area contributed by atoms with E-state index in [-0.39, 0.29) is 42.9 Å². The van der Waals surface area contributed by atoms with E-state index in [2.05, 4.69) is 5.32 Å². The van der Waals surface area contributed by atoms with Gasteiger partial charge in [-0.25, -0.2) is 4.39 Å². The van der Waals surface area contributed by atoms with Crippen molar-refractivity contribution in [2.45, 2.75) is 44.4 Å². The number of halogens is 1. The minimum atomic E-state index is -0.704. The monoisotopic (exact) mass is 361 g/mol. The summed E-state index contributed by atoms with van der Waals surface area (Å²) in [5, 5.41) is 11.9. The number of aliphatic hydroxyl groups is 1. The molecule has 1 atom stereocenters. The number of anilines is 1. The zero-order valence-corrected chi connectivity index (χ0v) is 14.2. The molecule has 0 saturated carbocycles. The highest BCUT2D eigenvalue weighted by molar-refractivity contribution is 6.05. The molecular formula is C18H20FN3O4. The lowest BCUT2D eigenvalue weighted by Crippen LogP contribution is -2.52. The average molecular weight is 361 g/mol. The Bertz CT molecular complexity index is 789. The first-order chi connectivity index (χ1) is 12.4. The molecule has 0 radical (unpaired) electrons. The summed E-state index contributed by atoms with van der Waals surface area (Å²) in [6, 6.07) is 2.21. The van der Waals surface area contributed by atoms with Gasteiger partial charge in [-0.15, -0.1) is 0 Å². The van der Waals surface area contributed by atoms with Crippen molar-refractivity contribution in [1.29, 1.82) is 0 Å². The molecule has 4 rings (SSSR count). The summed E-state index contributed by atoms with van der Waals surface area (Å²) in [4.78, 5) is 39.3. The highest BCUT2D eigenvalue weighted by Crippen LogP contribution is 2.33. The van der Waals surface area contributed by atoms with Gasteiger partial charge >= 0.3 is 0 Å². The molecule has 8 heteroatoms. The van der Waals surface area contributed by atoms with Crippen LogP contribution in [0.15, 0.2) is 12.1 Å². The summed E-state index contributed by atoms with van der Waals surface area (Å²) in [5.74, 6) is -1.67. The number of piperidine rings is 2. The molecule has 0 aromatic heterocycles. The van der Waals surface area contributed by atoms with E-state index in [1.807, 2.05) is 4.90 Å². The highest BCUT2D eigenvalue weighted by atomic mass is 19.1. The predicted molar refractivity (Wildman–Crippen MR) is 89.9 cm³/mol. The summed E-state index contributed by atoms with van der Waals surface area (Å²) < 4.78 is 14.6. The summed E-state index contributed by atoms with van der Waals surface area (Å²) in [6.07, 6.45) is 1.28. The fourth-order valence-corrected chi connectivity index (χ4v) is 3.93. The van der Waals surface area contributed by atoms with Crippen LogP contribution < -0.4 is 10.2 Å². The van der Waals surface area contributed by atoms with Gasteiger partial charge < -0.3 is 14.9 Å². The quantitative estimate of drug-likeness (QED) is 0.751. The van der Waals surface area contributed by atoms with Crippen LogP contribution in [0.1, 0.15) is 41.6 Å². The summed E-state index contributed by atoms with van der Waals surface area (Å²) in [5.41, 5.74) is 1.38. The molecule has 3 heterocycles. The normalized spacial score (nSPS) is 24.1. The number of hydrogen-bond acceptors (Lipinski definition) is 5. The number of carbonyl (C=O) groups excluding carboxylic acids is 3. The van der Waals surface area contributed by atoms with Crippen LogP contribution in [-0.2, 0) is 16.1 Å². The molecule has 3 aliphatic rings. The minimum absolute atomic E-state index is 0.187. The number of benzene rings is 1. The van der Waals surface area contributed by atoms with E-state index in [4.69, 9.17) is 0 Å². The van der Waals surface area contributed by atoms with Gasteiger partial charge in [0.15, 0.2) is 0 Å². The highest BCUT2D eigenvalue weighted by Gasteiger charge is 2.39. The lowest BCUT2D eigenvalue weighted by Gasteiger charge is -2.32. The molecule has 3 amide bonds. The molecule has 1 unspecified atom stereocenters. The van der Waals surface area contributed by atoms with Crippen molar-refractivity contribution in [3.63, 3.8) is 0 Å². The largest absolute Gasteiger partial charge is 0.393 e. The number of rotatable bonds is 2. The molecule has 138 valence electrons. The first-order valence-electron chi connectivity index (χ1n) is 8.84. The Balaban J connectivity index is 1.58. The SMILES string of the molecule is O=C1CCC(N2Cc3cc(N4CCC(O)CC4)c(F)cc3C2=O)C(=O)N1. The zero-order chi connectivity index (χ0) is 18.4. The van der Waals surface area contributed by atoms with E-state index in [9.17, 15) is 23.9 Å². The second kappa shape index (κ2) is 6.35. The van der Waals surface area contributed by atoms with Gasteiger partial charge in [-0.3, -0.25) is 19.7 Å². The third kappa shape index (κ3) is 2.84. The summed E-state index contributed by atoms with van der Waals surface area (Å²) in [7, 11) is 0.